The smallest absolute Gasteiger partial charge is 0.320 e. The summed E-state index contributed by atoms with van der Waals surface area (Å²) in [6.45, 7) is 4.43. The maximum Gasteiger partial charge on any atom is 0.320 e. The average Bonchev–Trinajstić information content (AvgIpc) is 2.91. The Kier molecular flexibility index (Phi) is 9.47. The Bertz CT molecular complexity index is 1120. The first-order valence-electron chi connectivity index (χ1n) is 12.5. The Morgan fingerprint density at radius 3 is 2.53 bits per heavy atom. The van der Waals surface area contributed by atoms with Crippen molar-refractivity contribution in [2.75, 3.05) is 13.2 Å². The minimum Gasteiger partial charge on any atom is -0.492 e. The summed E-state index contributed by atoms with van der Waals surface area (Å²) in [5.41, 5.74) is 3.56. The van der Waals surface area contributed by atoms with Crippen LogP contribution in [0.15, 0.2) is 101 Å². The number of carbonyl (C=O) groups is 1. The minimum absolute atomic E-state index is 0.532. The molecule has 4 rings (SSSR count). The zero-order chi connectivity index (χ0) is 25.2. The quantitative estimate of drug-likeness (QED) is 0.354. The van der Waals surface area contributed by atoms with Gasteiger partial charge >= 0.3 is 5.97 Å². The number of nitrogens with zero attached hydrogens (tertiary/aromatic N) is 2. The maximum atomic E-state index is 11.9. The van der Waals surface area contributed by atoms with E-state index in [1.165, 1.54) is 10.5 Å². The van der Waals surface area contributed by atoms with Crippen molar-refractivity contribution in [1.82, 2.24) is 9.80 Å². The number of carboxylic acids is 1. The highest BCUT2D eigenvalue weighted by atomic mass is 32.2. The molecule has 6 heteroatoms. The number of carboxylic acid groups (broad SMARTS) is 1. The highest BCUT2D eigenvalue weighted by Crippen LogP contribution is 2.33. The Morgan fingerprint density at radius 1 is 1.11 bits per heavy atom. The second-order valence-electron chi connectivity index (χ2n) is 8.94. The summed E-state index contributed by atoms with van der Waals surface area (Å²) in [7, 11) is 0. The van der Waals surface area contributed by atoms with E-state index < -0.39 is 12.0 Å². The molecule has 0 fully saturated rings. The standard InChI is InChI=1S/C30H34N2O3S/c1-2-28(30(33)34)32(21-24-9-5-3-6-10-24)22-25-13-15-27(16-14-25)35-19-17-31-18-20-36-29(23-31)26-11-7-4-8-12-26/h3-7,9-11,13-16,18,20,23,28H,2,8,12,17,19,21-22H2,1H3,(H,33,34). The SMILES string of the molecule is CCC(C(=O)O)N(Cc1ccccc1)Cc1ccc(OCCN2C=CSC(C3=CC=CCC3)=C2)cc1. The van der Waals surface area contributed by atoms with Crippen LogP contribution in [0.3, 0.4) is 0 Å². The van der Waals surface area contributed by atoms with E-state index in [1.807, 2.05) is 66.4 Å². The van der Waals surface area contributed by atoms with Crippen LogP contribution in [0.4, 0.5) is 0 Å². The number of hydrogen-bond acceptors (Lipinski definition) is 5. The van der Waals surface area contributed by atoms with E-state index in [-0.39, 0.29) is 0 Å². The van der Waals surface area contributed by atoms with Gasteiger partial charge in [-0.1, -0.05) is 79.4 Å². The molecule has 0 aromatic heterocycles. The molecule has 5 nitrogen and oxygen atoms in total. The van der Waals surface area contributed by atoms with Gasteiger partial charge in [0, 0.05) is 30.4 Å². The van der Waals surface area contributed by atoms with Crippen LogP contribution in [0.5, 0.6) is 5.75 Å². The minimum atomic E-state index is -0.785. The third-order valence-electron chi connectivity index (χ3n) is 6.33. The second-order valence-corrected chi connectivity index (χ2v) is 9.89. The number of allylic oxidation sites excluding steroid dienone is 4. The van der Waals surface area contributed by atoms with Gasteiger partial charge in [-0.05, 0) is 53.5 Å². The van der Waals surface area contributed by atoms with Crippen molar-refractivity contribution in [2.24, 2.45) is 0 Å². The van der Waals surface area contributed by atoms with Crippen LogP contribution in [0.1, 0.15) is 37.3 Å². The van der Waals surface area contributed by atoms with Crippen LogP contribution < -0.4 is 4.74 Å². The van der Waals surface area contributed by atoms with Crippen LogP contribution in [0.25, 0.3) is 0 Å². The first-order chi connectivity index (χ1) is 17.6. The summed E-state index contributed by atoms with van der Waals surface area (Å²) in [4.78, 5) is 17.4. The van der Waals surface area contributed by atoms with Gasteiger partial charge in [-0.25, -0.2) is 0 Å². The molecule has 2 aromatic carbocycles. The van der Waals surface area contributed by atoms with E-state index in [0.717, 1.165) is 36.3 Å². The van der Waals surface area contributed by atoms with E-state index in [0.29, 0.717) is 26.1 Å². The molecule has 1 heterocycles. The van der Waals surface area contributed by atoms with Crippen molar-refractivity contribution in [2.45, 2.75) is 45.3 Å². The van der Waals surface area contributed by atoms with Gasteiger partial charge in [-0.2, -0.15) is 0 Å². The van der Waals surface area contributed by atoms with E-state index in [1.54, 1.807) is 11.8 Å². The van der Waals surface area contributed by atoms with Crippen LogP contribution in [-0.4, -0.2) is 40.1 Å². The molecule has 2 aliphatic rings. The van der Waals surface area contributed by atoms with Crippen LogP contribution in [0.2, 0.25) is 0 Å². The molecule has 0 radical (unpaired) electrons. The van der Waals surface area contributed by atoms with Gasteiger partial charge in [0.05, 0.1) is 6.54 Å². The molecule has 0 saturated heterocycles. The number of hydrogen-bond donors (Lipinski definition) is 1. The molecule has 1 unspecified atom stereocenters. The van der Waals surface area contributed by atoms with Crippen LogP contribution in [-0.2, 0) is 17.9 Å². The monoisotopic (exact) mass is 502 g/mol. The number of rotatable bonds is 12. The molecular formula is C30H34N2O3S. The summed E-state index contributed by atoms with van der Waals surface area (Å²) in [6.07, 6.45) is 13.6. The molecule has 188 valence electrons. The highest BCUT2D eigenvalue weighted by molar-refractivity contribution is 8.06. The molecule has 0 bridgehead atoms. The van der Waals surface area contributed by atoms with E-state index in [4.69, 9.17) is 4.74 Å². The molecular weight excluding hydrogens is 468 g/mol. The first-order valence-corrected chi connectivity index (χ1v) is 13.4. The lowest BCUT2D eigenvalue weighted by atomic mass is 10.1. The molecule has 0 saturated carbocycles. The molecule has 2 aromatic rings. The Balaban J connectivity index is 1.32. The molecule has 36 heavy (non-hydrogen) atoms. The number of benzene rings is 2. The van der Waals surface area contributed by atoms with Crippen LogP contribution >= 0.6 is 11.8 Å². The fourth-order valence-electron chi connectivity index (χ4n) is 4.39. The highest BCUT2D eigenvalue weighted by Gasteiger charge is 2.24. The van der Waals surface area contributed by atoms with Gasteiger partial charge in [0.25, 0.3) is 0 Å². The summed E-state index contributed by atoms with van der Waals surface area (Å²) >= 11 is 1.77. The van der Waals surface area contributed by atoms with Crippen molar-refractivity contribution in [3.8, 4) is 5.75 Å². The Labute approximate surface area is 218 Å². The zero-order valence-corrected chi connectivity index (χ0v) is 21.6. The largest absolute Gasteiger partial charge is 0.492 e. The lowest BCUT2D eigenvalue weighted by molar-refractivity contribution is -0.144. The van der Waals surface area contributed by atoms with Crippen molar-refractivity contribution in [3.05, 3.63) is 112 Å². The van der Waals surface area contributed by atoms with Gasteiger partial charge < -0.3 is 14.7 Å². The second kappa shape index (κ2) is 13.2. The van der Waals surface area contributed by atoms with E-state index in [2.05, 4.69) is 40.9 Å². The van der Waals surface area contributed by atoms with E-state index >= 15 is 0 Å². The third kappa shape index (κ3) is 7.39. The van der Waals surface area contributed by atoms with Gasteiger partial charge in [-0.3, -0.25) is 9.69 Å². The number of thioether (sulfide) groups is 1. The van der Waals surface area contributed by atoms with Crippen molar-refractivity contribution in [1.29, 1.82) is 0 Å². The molecule has 1 aliphatic carbocycles. The number of aliphatic carboxylic acids is 1. The average molecular weight is 503 g/mol. The lowest BCUT2D eigenvalue weighted by Crippen LogP contribution is -2.39. The number of ether oxygens (including phenoxy) is 1. The fraction of sp³-hybridized carbons (Fsp3) is 0.300. The van der Waals surface area contributed by atoms with Gasteiger partial charge in [0.1, 0.15) is 18.4 Å². The summed E-state index contributed by atoms with van der Waals surface area (Å²) in [6, 6.07) is 17.5. The summed E-state index contributed by atoms with van der Waals surface area (Å²) in [5.74, 6) is 0.0327. The molecule has 1 atom stereocenters. The predicted molar refractivity (Wildman–Crippen MR) is 147 cm³/mol. The van der Waals surface area contributed by atoms with Crippen molar-refractivity contribution < 1.29 is 14.6 Å². The fourth-order valence-corrected chi connectivity index (χ4v) is 5.27. The van der Waals surface area contributed by atoms with Gasteiger partial charge in [-0.15, -0.1) is 0 Å². The zero-order valence-electron chi connectivity index (χ0n) is 20.8. The molecule has 0 amide bonds. The Morgan fingerprint density at radius 2 is 1.86 bits per heavy atom. The molecule has 1 aliphatic heterocycles. The predicted octanol–water partition coefficient (Wildman–Crippen LogP) is 6.57. The third-order valence-corrected chi connectivity index (χ3v) is 7.21. The van der Waals surface area contributed by atoms with E-state index in [9.17, 15) is 9.90 Å². The topological polar surface area (TPSA) is 53.0 Å². The summed E-state index contributed by atoms with van der Waals surface area (Å²) < 4.78 is 6.01. The Hall–Kier alpha value is -3.22. The summed E-state index contributed by atoms with van der Waals surface area (Å²) in [5, 5.41) is 11.9. The molecule has 0 spiro atoms. The van der Waals surface area contributed by atoms with Gasteiger partial charge in [0.2, 0.25) is 0 Å². The van der Waals surface area contributed by atoms with Gasteiger partial charge in [0.15, 0.2) is 0 Å². The van der Waals surface area contributed by atoms with Crippen molar-refractivity contribution in [3.63, 3.8) is 0 Å². The molecule has 1 N–H and O–H groups in total. The first kappa shape index (κ1) is 25.9. The lowest BCUT2D eigenvalue weighted by Gasteiger charge is -2.28. The maximum absolute atomic E-state index is 11.9. The normalized spacial score (nSPS) is 16.0. The van der Waals surface area contributed by atoms with Crippen molar-refractivity contribution >= 4 is 17.7 Å². The van der Waals surface area contributed by atoms with Crippen LogP contribution in [0, 0.1) is 0 Å².